The van der Waals surface area contributed by atoms with Crippen LogP contribution in [0.3, 0.4) is 0 Å². The topological polar surface area (TPSA) is 102 Å². The number of aromatic nitrogens is 2. The summed E-state index contributed by atoms with van der Waals surface area (Å²) in [5.74, 6) is -0.647. The van der Waals surface area contributed by atoms with Crippen molar-refractivity contribution < 1.29 is 23.1 Å². The molecule has 1 aromatic heterocycles. The molecule has 8 nitrogen and oxygen atoms in total. The van der Waals surface area contributed by atoms with E-state index in [9.17, 15) is 13.2 Å². The standard InChI is InChI=1S/C11H17N3O5S/c1-3-13-6-10(12-8(13)2)20(17,18)14-4-5-19-7-9(14)11(15)16/h6,9H,3-5,7H2,1-2H3,(H,15,16). The molecule has 1 aromatic rings. The Hall–Kier alpha value is -1.45. The molecule has 1 atom stereocenters. The van der Waals surface area contributed by atoms with Crippen LogP contribution in [0.2, 0.25) is 0 Å². The van der Waals surface area contributed by atoms with E-state index < -0.39 is 22.0 Å². The number of hydrogen-bond acceptors (Lipinski definition) is 5. The zero-order chi connectivity index (χ0) is 14.9. The maximum Gasteiger partial charge on any atom is 0.324 e. The summed E-state index contributed by atoms with van der Waals surface area (Å²) in [4.78, 5) is 15.2. The minimum absolute atomic E-state index is 0.0112. The van der Waals surface area contributed by atoms with Gasteiger partial charge in [-0.05, 0) is 13.8 Å². The number of carboxylic acid groups (broad SMARTS) is 1. The summed E-state index contributed by atoms with van der Waals surface area (Å²) in [5.41, 5.74) is 0. The van der Waals surface area contributed by atoms with Crippen LogP contribution >= 0.6 is 0 Å². The first kappa shape index (κ1) is 14.9. The van der Waals surface area contributed by atoms with Gasteiger partial charge in [-0.15, -0.1) is 0 Å². The quantitative estimate of drug-likeness (QED) is 0.818. The van der Waals surface area contributed by atoms with Crippen molar-refractivity contribution in [3.8, 4) is 0 Å². The van der Waals surface area contributed by atoms with Crippen LogP contribution in [0.25, 0.3) is 0 Å². The van der Waals surface area contributed by atoms with Crippen molar-refractivity contribution in [3.05, 3.63) is 12.0 Å². The lowest BCUT2D eigenvalue weighted by Gasteiger charge is -2.31. The highest BCUT2D eigenvalue weighted by molar-refractivity contribution is 7.89. The molecule has 1 N–H and O–H groups in total. The third-order valence-electron chi connectivity index (χ3n) is 3.23. The van der Waals surface area contributed by atoms with E-state index >= 15 is 0 Å². The molecule has 112 valence electrons. The average Bonchev–Trinajstić information content (AvgIpc) is 2.80. The number of sulfonamides is 1. The molecular weight excluding hydrogens is 286 g/mol. The van der Waals surface area contributed by atoms with E-state index in [2.05, 4.69) is 4.98 Å². The molecule has 20 heavy (non-hydrogen) atoms. The lowest BCUT2D eigenvalue weighted by atomic mass is 10.3. The molecule has 0 aliphatic carbocycles. The summed E-state index contributed by atoms with van der Waals surface area (Å²) >= 11 is 0. The molecule has 0 radical (unpaired) electrons. The molecule has 9 heteroatoms. The summed E-state index contributed by atoms with van der Waals surface area (Å²) in [6.07, 6.45) is 1.43. The normalized spacial score (nSPS) is 21.0. The van der Waals surface area contributed by atoms with Crippen LogP contribution in [0.1, 0.15) is 12.7 Å². The number of morpholine rings is 1. The van der Waals surface area contributed by atoms with Gasteiger partial charge in [0.1, 0.15) is 11.9 Å². The number of carbonyl (C=O) groups is 1. The molecule has 1 fully saturated rings. The molecule has 0 saturated carbocycles. The van der Waals surface area contributed by atoms with Crippen molar-refractivity contribution in [2.75, 3.05) is 19.8 Å². The molecule has 0 bridgehead atoms. The monoisotopic (exact) mass is 303 g/mol. The van der Waals surface area contributed by atoms with Gasteiger partial charge in [-0.25, -0.2) is 13.4 Å². The summed E-state index contributed by atoms with van der Waals surface area (Å²) in [6, 6.07) is -1.21. The minimum Gasteiger partial charge on any atom is -0.480 e. The third kappa shape index (κ3) is 2.56. The fourth-order valence-electron chi connectivity index (χ4n) is 2.11. The first-order valence-corrected chi connectivity index (χ1v) is 7.68. The molecule has 1 unspecified atom stereocenters. The number of aliphatic carboxylic acids is 1. The summed E-state index contributed by atoms with van der Waals surface area (Å²) in [5, 5.41) is 8.99. The summed E-state index contributed by atoms with van der Waals surface area (Å²) in [7, 11) is -3.93. The van der Waals surface area contributed by atoms with Gasteiger partial charge in [0, 0.05) is 19.3 Å². The number of aryl methyl sites for hydroxylation is 2. The average molecular weight is 303 g/mol. The van der Waals surface area contributed by atoms with Crippen LogP contribution in [-0.4, -0.2) is 59.2 Å². The van der Waals surface area contributed by atoms with Gasteiger partial charge in [0.2, 0.25) is 0 Å². The van der Waals surface area contributed by atoms with Gasteiger partial charge in [0.25, 0.3) is 10.0 Å². The van der Waals surface area contributed by atoms with Crippen molar-refractivity contribution in [2.45, 2.75) is 31.5 Å². The maximum atomic E-state index is 12.5. The second-order valence-corrected chi connectivity index (χ2v) is 6.29. The van der Waals surface area contributed by atoms with Crippen molar-refractivity contribution in [1.29, 1.82) is 0 Å². The molecule has 1 saturated heterocycles. The van der Waals surface area contributed by atoms with Gasteiger partial charge < -0.3 is 14.4 Å². The highest BCUT2D eigenvalue weighted by Crippen LogP contribution is 2.20. The fourth-order valence-corrected chi connectivity index (χ4v) is 3.66. The van der Waals surface area contributed by atoms with Crippen LogP contribution in [-0.2, 0) is 26.1 Å². The third-order valence-corrected chi connectivity index (χ3v) is 5.01. The van der Waals surface area contributed by atoms with Crippen LogP contribution in [0.4, 0.5) is 0 Å². The van der Waals surface area contributed by atoms with Gasteiger partial charge in [-0.2, -0.15) is 4.31 Å². The smallest absolute Gasteiger partial charge is 0.324 e. The van der Waals surface area contributed by atoms with E-state index in [-0.39, 0.29) is 24.8 Å². The lowest BCUT2D eigenvalue weighted by molar-refractivity contribution is -0.146. The Morgan fingerprint density at radius 3 is 2.85 bits per heavy atom. The zero-order valence-electron chi connectivity index (χ0n) is 11.3. The molecule has 1 aliphatic heterocycles. The van der Waals surface area contributed by atoms with E-state index in [1.54, 1.807) is 11.5 Å². The van der Waals surface area contributed by atoms with Crippen LogP contribution in [0.15, 0.2) is 11.2 Å². The Bertz CT molecular complexity index is 610. The molecule has 1 aliphatic rings. The second-order valence-electron chi connectivity index (χ2n) is 4.46. The Balaban J connectivity index is 2.39. The maximum absolute atomic E-state index is 12.5. The van der Waals surface area contributed by atoms with E-state index in [1.807, 2.05) is 6.92 Å². The van der Waals surface area contributed by atoms with Crippen molar-refractivity contribution in [2.24, 2.45) is 0 Å². The fraction of sp³-hybridized carbons (Fsp3) is 0.636. The SMILES string of the molecule is CCn1cc(S(=O)(=O)N2CCOCC2C(=O)O)nc1C. The minimum atomic E-state index is -3.93. The Morgan fingerprint density at radius 1 is 1.60 bits per heavy atom. The number of ether oxygens (including phenoxy) is 1. The molecule has 2 rings (SSSR count). The van der Waals surface area contributed by atoms with E-state index in [1.165, 1.54) is 6.20 Å². The van der Waals surface area contributed by atoms with Crippen LogP contribution in [0.5, 0.6) is 0 Å². The van der Waals surface area contributed by atoms with Crippen molar-refractivity contribution in [3.63, 3.8) is 0 Å². The Labute approximate surface area is 117 Å². The van der Waals surface area contributed by atoms with Crippen molar-refractivity contribution in [1.82, 2.24) is 13.9 Å². The largest absolute Gasteiger partial charge is 0.480 e. The van der Waals surface area contributed by atoms with E-state index in [0.717, 1.165) is 4.31 Å². The highest BCUT2D eigenvalue weighted by atomic mass is 32.2. The van der Waals surface area contributed by atoms with Crippen LogP contribution < -0.4 is 0 Å². The number of imidazole rings is 1. The first-order chi connectivity index (χ1) is 9.37. The van der Waals surface area contributed by atoms with Gasteiger partial charge in [-0.3, -0.25) is 4.79 Å². The number of nitrogens with zero attached hydrogens (tertiary/aromatic N) is 3. The molecule has 0 aromatic carbocycles. The lowest BCUT2D eigenvalue weighted by Crippen LogP contribution is -2.52. The molecule has 0 spiro atoms. The van der Waals surface area contributed by atoms with E-state index in [4.69, 9.17) is 9.84 Å². The van der Waals surface area contributed by atoms with Gasteiger partial charge in [0.05, 0.1) is 13.2 Å². The van der Waals surface area contributed by atoms with Gasteiger partial charge >= 0.3 is 5.97 Å². The summed E-state index contributed by atoms with van der Waals surface area (Å²) < 4.78 is 32.7. The number of hydrogen-bond donors (Lipinski definition) is 1. The molecule has 2 heterocycles. The van der Waals surface area contributed by atoms with Gasteiger partial charge in [0.15, 0.2) is 5.03 Å². The summed E-state index contributed by atoms with van der Waals surface area (Å²) in [6.45, 7) is 4.21. The Kier molecular flexibility index (Phi) is 4.11. The van der Waals surface area contributed by atoms with E-state index in [0.29, 0.717) is 12.4 Å². The molecular formula is C11H17N3O5S. The van der Waals surface area contributed by atoms with Crippen LogP contribution in [0, 0.1) is 6.92 Å². The Morgan fingerprint density at radius 2 is 2.30 bits per heavy atom. The highest BCUT2D eigenvalue weighted by Gasteiger charge is 2.39. The zero-order valence-corrected chi connectivity index (χ0v) is 12.1. The van der Waals surface area contributed by atoms with Gasteiger partial charge in [-0.1, -0.05) is 0 Å². The number of rotatable bonds is 4. The van der Waals surface area contributed by atoms with Crippen molar-refractivity contribution >= 4 is 16.0 Å². The first-order valence-electron chi connectivity index (χ1n) is 6.24. The second kappa shape index (κ2) is 5.51. The predicted octanol–water partition coefficient (Wildman–Crippen LogP) is -0.314. The predicted molar refractivity (Wildman–Crippen MR) is 68.8 cm³/mol. The molecule has 0 amide bonds. The number of carboxylic acids is 1.